The van der Waals surface area contributed by atoms with Crippen LogP contribution in [0, 0.1) is 0 Å². The third kappa shape index (κ3) is 3.56. The van der Waals surface area contributed by atoms with Crippen molar-refractivity contribution in [3.8, 4) is 0 Å². The molecule has 0 spiro atoms. The molecule has 0 aliphatic rings. The molecule has 1 aromatic rings. The standard InChI is InChI=1S/C12H13F3O2/c1-8(17-2)7-11(16)9-5-3-4-6-10(9)12(13,14)15/h3-6,8H,7H2,1-2H3. The fraction of sp³-hybridized carbons (Fsp3) is 0.417. The predicted molar refractivity (Wildman–Crippen MR) is 56.9 cm³/mol. The van der Waals surface area contributed by atoms with Gasteiger partial charge in [-0.3, -0.25) is 4.79 Å². The van der Waals surface area contributed by atoms with Gasteiger partial charge in [0.2, 0.25) is 0 Å². The second-order valence-corrected chi connectivity index (χ2v) is 3.72. The van der Waals surface area contributed by atoms with Gasteiger partial charge < -0.3 is 4.74 Å². The van der Waals surface area contributed by atoms with Crippen molar-refractivity contribution in [3.63, 3.8) is 0 Å². The van der Waals surface area contributed by atoms with Gasteiger partial charge in [0, 0.05) is 19.1 Å². The maximum Gasteiger partial charge on any atom is 0.417 e. The van der Waals surface area contributed by atoms with Gasteiger partial charge in [-0.05, 0) is 13.0 Å². The van der Waals surface area contributed by atoms with E-state index in [-0.39, 0.29) is 12.0 Å². The van der Waals surface area contributed by atoms with Crippen LogP contribution in [0.1, 0.15) is 29.3 Å². The number of halogens is 3. The van der Waals surface area contributed by atoms with Crippen LogP contribution in [0.2, 0.25) is 0 Å². The second kappa shape index (κ2) is 5.31. The molecular weight excluding hydrogens is 233 g/mol. The van der Waals surface area contributed by atoms with E-state index in [0.29, 0.717) is 0 Å². The van der Waals surface area contributed by atoms with Gasteiger partial charge in [-0.25, -0.2) is 0 Å². The fourth-order valence-corrected chi connectivity index (χ4v) is 1.43. The fourth-order valence-electron chi connectivity index (χ4n) is 1.43. The van der Waals surface area contributed by atoms with Gasteiger partial charge >= 0.3 is 6.18 Å². The van der Waals surface area contributed by atoms with Crippen LogP contribution >= 0.6 is 0 Å². The molecule has 5 heteroatoms. The van der Waals surface area contributed by atoms with E-state index in [1.165, 1.54) is 25.3 Å². The van der Waals surface area contributed by atoms with Crippen molar-refractivity contribution in [2.75, 3.05) is 7.11 Å². The maximum atomic E-state index is 12.6. The van der Waals surface area contributed by atoms with Gasteiger partial charge in [-0.15, -0.1) is 0 Å². The van der Waals surface area contributed by atoms with Gasteiger partial charge in [-0.2, -0.15) is 13.2 Å². The van der Waals surface area contributed by atoms with E-state index in [2.05, 4.69) is 0 Å². The van der Waals surface area contributed by atoms with Crippen LogP contribution in [0.3, 0.4) is 0 Å². The highest BCUT2D eigenvalue weighted by atomic mass is 19.4. The van der Waals surface area contributed by atoms with Gasteiger partial charge in [0.1, 0.15) is 0 Å². The smallest absolute Gasteiger partial charge is 0.381 e. The molecule has 0 saturated heterocycles. The Hall–Kier alpha value is -1.36. The highest BCUT2D eigenvalue weighted by Crippen LogP contribution is 2.32. The molecule has 1 aromatic carbocycles. The van der Waals surface area contributed by atoms with Crippen molar-refractivity contribution in [2.45, 2.75) is 25.6 Å². The van der Waals surface area contributed by atoms with Gasteiger partial charge in [-0.1, -0.05) is 18.2 Å². The summed E-state index contributed by atoms with van der Waals surface area (Å²) in [6.07, 6.45) is -4.98. The molecule has 1 atom stereocenters. The number of ether oxygens (including phenoxy) is 1. The largest absolute Gasteiger partial charge is 0.417 e. The number of ketones is 1. The van der Waals surface area contributed by atoms with Crippen LogP contribution in [0.25, 0.3) is 0 Å². The summed E-state index contributed by atoms with van der Waals surface area (Å²) >= 11 is 0. The Labute approximate surface area is 97.4 Å². The molecule has 2 nitrogen and oxygen atoms in total. The van der Waals surface area contributed by atoms with Crippen molar-refractivity contribution < 1.29 is 22.7 Å². The number of alkyl halides is 3. The number of hydrogen-bond acceptors (Lipinski definition) is 2. The first-order chi connectivity index (χ1) is 7.86. The molecule has 0 aromatic heterocycles. The lowest BCUT2D eigenvalue weighted by Crippen LogP contribution is -2.17. The molecule has 0 bridgehead atoms. The SMILES string of the molecule is COC(C)CC(=O)c1ccccc1C(F)(F)F. The summed E-state index contributed by atoms with van der Waals surface area (Å²) in [6.45, 7) is 1.63. The molecule has 0 radical (unpaired) electrons. The van der Waals surface area contributed by atoms with Crippen molar-refractivity contribution >= 4 is 5.78 Å². The molecule has 94 valence electrons. The monoisotopic (exact) mass is 246 g/mol. The lowest BCUT2D eigenvalue weighted by atomic mass is 10.00. The van der Waals surface area contributed by atoms with Crippen molar-refractivity contribution in [3.05, 3.63) is 35.4 Å². The van der Waals surface area contributed by atoms with Gasteiger partial charge in [0.25, 0.3) is 0 Å². The van der Waals surface area contributed by atoms with Crippen LogP contribution in [0.4, 0.5) is 13.2 Å². The molecule has 1 unspecified atom stereocenters. The van der Waals surface area contributed by atoms with Crippen molar-refractivity contribution in [1.29, 1.82) is 0 Å². The third-order valence-electron chi connectivity index (χ3n) is 2.41. The van der Waals surface area contributed by atoms with Crippen LogP contribution < -0.4 is 0 Å². The summed E-state index contributed by atoms with van der Waals surface area (Å²) in [7, 11) is 1.41. The van der Waals surface area contributed by atoms with Crippen LogP contribution in [0.15, 0.2) is 24.3 Å². The minimum Gasteiger partial charge on any atom is -0.381 e. The Kier molecular flexibility index (Phi) is 4.28. The first-order valence-corrected chi connectivity index (χ1v) is 5.08. The molecule has 0 amide bonds. The Bertz CT molecular complexity index is 399. The van der Waals surface area contributed by atoms with E-state index >= 15 is 0 Å². The second-order valence-electron chi connectivity index (χ2n) is 3.72. The molecule has 0 aliphatic carbocycles. The summed E-state index contributed by atoms with van der Waals surface area (Å²) < 4.78 is 42.8. The molecule has 0 heterocycles. The molecule has 0 N–H and O–H groups in total. The minimum atomic E-state index is -4.51. The number of carbonyl (C=O) groups excluding carboxylic acids is 1. The summed E-state index contributed by atoms with van der Waals surface area (Å²) in [6, 6.07) is 4.78. The van der Waals surface area contributed by atoms with Gasteiger partial charge in [0.15, 0.2) is 5.78 Å². The Morgan fingerprint density at radius 1 is 1.35 bits per heavy atom. The number of hydrogen-bond donors (Lipinski definition) is 0. The lowest BCUT2D eigenvalue weighted by molar-refractivity contribution is -0.137. The first kappa shape index (κ1) is 13.7. The number of carbonyl (C=O) groups is 1. The number of benzene rings is 1. The number of rotatable bonds is 4. The zero-order valence-corrected chi connectivity index (χ0v) is 9.54. The highest BCUT2D eigenvalue weighted by molar-refractivity contribution is 5.97. The van der Waals surface area contributed by atoms with Crippen molar-refractivity contribution in [2.24, 2.45) is 0 Å². The number of methoxy groups -OCH3 is 1. The highest BCUT2D eigenvalue weighted by Gasteiger charge is 2.34. The van der Waals surface area contributed by atoms with Gasteiger partial charge in [0.05, 0.1) is 11.7 Å². The summed E-state index contributed by atoms with van der Waals surface area (Å²) in [5.41, 5.74) is -1.20. The van der Waals surface area contributed by atoms with E-state index in [1.54, 1.807) is 6.92 Å². The van der Waals surface area contributed by atoms with E-state index in [0.717, 1.165) is 6.07 Å². The Balaban J connectivity index is 3.02. The molecule has 0 fully saturated rings. The Morgan fingerprint density at radius 3 is 2.47 bits per heavy atom. The Morgan fingerprint density at radius 2 is 1.94 bits per heavy atom. The van der Waals surface area contributed by atoms with E-state index in [4.69, 9.17) is 4.74 Å². The maximum absolute atomic E-state index is 12.6. The minimum absolute atomic E-state index is 0.0659. The third-order valence-corrected chi connectivity index (χ3v) is 2.41. The average Bonchev–Trinajstić information content (AvgIpc) is 2.27. The first-order valence-electron chi connectivity index (χ1n) is 5.08. The molecule has 0 aliphatic heterocycles. The molecular formula is C12H13F3O2. The average molecular weight is 246 g/mol. The lowest BCUT2D eigenvalue weighted by Gasteiger charge is -2.13. The topological polar surface area (TPSA) is 26.3 Å². The normalized spacial score (nSPS) is 13.5. The van der Waals surface area contributed by atoms with E-state index in [1.807, 2.05) is 0 Å². The summed E-state index contributed by atoms with van der Waals surface area (Å²) in [5, 5.41) is 0. The predicted octanol–water partition coefficient (Wildman–Crippen LogP) is 3.31. The van der Waals surface area contributed by atoms with Crippen molar-refractivity contribution in [1.82, 2.24) is 0 Å². The summed E-state index contributed by atoms with van der Waals surface area (Å²) in [4.78, 5) is 11.7. The van der Waals surface area contributed by atoms with E-state index in [9.17, 15) is 18.0 Å². The number of Topliss-reactive ketones (excluding diaryl/α,β-unsaturated/α-hetero) is 1. The zero-order chi connectivity index (χ0) is 13.1. The molecule has 1 rings (SSSR count). The molecule has 17 heavy (non-hydrogen) atoms. The van der Waals surface area contributed by atoms with Crippen LogP contribution in [0.5, 0.6) is 0 Å². The van der Waals surface area contributed by atoms with Crippen LogP contribution in [-0.4, -0.2) is 19.0 Å². The quantitative estimate of drug-likeness (QED) is 0.762. The molecule has 0 saturated carbocycles. The van der Waals surface area contributed by atoms with E-state index < -0.39 is 23.6 Å². The van der Waals surface area contributed by atoms with Crippen LogP contribution in [-0.2, 0) is 10.9 Å². The zero-order valence-electron chi connectivity index (χ0n) is 9.54. The summed E-state index contributed by atoms with van der Waals surface area (Å²) in [5.74, 6) is -0.563.